The van der Waals surface area contributed by atoms with E-state index >= 15 is 0 Å². The standard InChI is InChI=1S/C18H17N3O5/c1-21-12-4-5-24-15(12)9-13(21)18(23)19-10-17(22)20-11-2-3-14-16(8-11)26-7-6-25-14/h2-5,8-9H,6-7,10H2,1H3,(H,19,23)(H,20,22). The Morgan fingerprint density at radius 2 is 1.92 bits per heavy atom. The normalized spacial score (nSPS) is 12.8. The third-order valence-electron chi connectivity index (χ3n) is 4.13. The fourth-order valence-electron chi connectivity index (χ4n) is 2.85. The number of anilines is 1. The number of ether oxygens (including phenoxy) is 2. The SMILES string of the molecule is Cn1c(C(=O)NCC(=O)Nc2ccc3c(c2)OCCO3)cc2occc21. The van der Waals surface area contributed by atoms with Gasteiger partial charge in [0.05, 0.1) is 18.3 Å². The van der Waals surface area contributed by atoms with Crippen molar-refractivity contribution < 1.29 is 23.5 Å². The number of rotatable bonds is 4. The van der Waals surface area contributed by atoms with Crippen LogP contribution in [0.5, 0.6) is 11.5 Å². The first-order valence-electron chi connectivity index (χ1n) is 8.12. The molecule has 8 heteroatoms. The summed E-state index contributed by atoms with van der Waals surface area (Å²) in [6.45, 7) is 0.827. The van der Waals surface area contributed by atoms with Gasteiger partial charge < -0.3 is 29.1 Å². The van der Waals surface area contributed by atoms with Gasteiger partial charge in [0.25, 0.3) is 5.91 Å². The van der Waals surface area contributed by atoms with Gasteiger partial charge in [-0.3, -0.25) is 9.59 Å². The lowest BCUT2D eigenvalue weighted by Crippen LogP contribution is -2.33. The van der Waals surface area contributed by atoms with Crippen LogP contribution in [-0.2, 0) is 11.8 Å². The highest BCUT2D eigenvalue weighted by Crippen LogP contribution is 2.32. The summed E-state index contributed by atoms with van der Waals surface area (Å²) in [7, 11) is 1.77. The van der Waals surface area contributed by atoms with Crippen LogP contribution in [0, 0.1) is 0 Å². The Kier molecular flexibility index (Phi) is 4.00. The van der Waals surface area contributed by atoms with E-state index < -0.39 is 0 Å². The topological polar surface area (TPSA) is 94.7 Å². The molecular weight excluding hydrogens is 338 g/mol. The third kappa shape index (κ3) is 2.97. The summed E-state index contributed by atoms with van der Waals surface area (Å²) in [4.78, 5) is 24.4. The number of nitrogens with zero attached hydrogens (tertiary/aromatic N) is 1. The minimum Gasteiger partial charge on any atom is -0.486 e. The van der Waals surface area contributed by atoms with Gasteiger partial charge in [-0.2, -0.15) is 0 Å². The smallest absolute Gasteiger partial charge is 0.268 e. The van der Waals surface area contributed by atoms with Gasteiger partial charge in [0.1, 0.15) is 18.9 Å². The first-order valence-corrected chi connectivity index (χ1v) is 8.12. The van der Waals surface area contributed by atoms with Crippen molar-refractivity contribution in [2.75, 3.05) is 25.1 Å². The average Bonchev–Trinajstić information content (AvgIpc) is 3.23. The van der Waals surface area contributed by atoms with Crippen molar-refractivity contribution in [1.29, 1.82) is 0 Å². The minimum atomic E-state index is -0.351. The van der Waals surface area contributed by atoms with Gasteiger partial charge in [0.2, 0.25) is 5.91 Å². The van der Waals surface area contributed by atoms with Crippen LogP contribution >= 0.6 is 0 Å². The highest BCUT2D eigenvalue weighted by Gasteiger charge is 2.16. The zero-order valence-electron chi connectivity index (χ0n) is 14.1. The second-order valence-electron chi connectivity index (χ2n) is 5.85. The molecule has 2 amide bonds. The summed E-state index contributed by atoms with van der Waals surface area (Å²) in [6, 6.07) is 8.57. The molecule has 0 fully saturated rings. The Morgan fingerprint density at radius 3 is 2.73 bits per heavy atom. The molecule has 1 aliphatic rings. The molecular formula is C18H17N3O5. The Bertz CT molecular complexity index is 988. The van der Waals surface area contributed by atoms with E-state index in [1.807, 2.05) is 0 Å². The molecule has 0 aliphatic carbocycles. The number of carbonyl (C=O) groups is 2. The second-order valence-corrected chi connectivity index (χ2v) is 5.85. The Hall–Kier alpha value is -3.42. The van der Waals surface area contributed by atoms with Crippen molar-refractivity contribution in [3.05, 3.63) is 42.3 Å². The van der Waals surface area contributed by atoms with Crippen LogP contribution < -0.4 is 20.1 Å². The summed E-state index contributed by atoms with van der Waals surface area (Å²) in [5.41, 5.74) is 2.44. The largest absolute Gasteiger partial charge is 0.486 e. The first kappa shape index (κ1) is 16.1. The molecule has 0 radical (unpaired) electrons. The van der Waals surface area contributed by atoms with E-state index in [0.717, 1.165) is 5.52 Å². The summed E-state index contributed by atoms with van der Waals surface area (Å²) in [5, 5.41) is 5.32. The molecule has 3 heterocycles. The van der Waals surface area contributed by atoms with Crippen molar-refractivity contribution >= 4 is 28.6 Å². The van der Waals surface area contributed by atoms with Gasteiger partial charge in [-0.15, -0.1) is 0 Å². The molecule has 3 aromatic rings. The predicted molar refractivity (Wildman–Crippen MR) is 93.6 cm³/mol. The number of hydrogen-bond acceptors (Lipinski definition) is 5. The lowest BCUT2D eigenvalue weighted by atomic mass is 10.2. The molecule has 0 saturated heterocycles. The fraction of sp³-hybridized carbons (Fsp3) is 0.222. The van der Waals surface area contributed by atoms with Gasteiger partial charge in [0, 0.05) is 30.9 Å². The fourth-order valence-corrected chi connectivity index (χ4v) is 2.85. The number of hydrogen-bond donors (Lipinski definition) is 2. The number of carbonyl (C=O) groups excluding carboxylic acids is 2. The molecule has 8 nitrogen and oxygen atoms in total. The summed E-state index contributed by atoms with van der Waals surface area (Å²) < 4.78 is 17.9. The van der Waals surface area contributed by atoms with Gasteiger partial charge >= 0.3 is 0 Å². The molecule has 0 atom stereocenters. The molecule has 1 aliphatic heterocycles. The second kappa shape index (κ2) is 6.47. The zero-order chi connectivity index (χ0) is 18.1. The van der Waals surface area contributed by atoms with Crippen molar-refractivity contribution in [3.63, 3.8) is 0 Å². The number of furan rings is 1. The Morgan fingerprint density at radius 1 is 1.12 bits per heavy atom. The van der Waals surface area contributed by atoms with Crippen LogP contribution in [0.4, 0.5) is 5.69 Å². The highest BCUT2D eigenvalue weighted by molar-refractivity contribution is 6.01. The van der Waals surface area contributed by atoms with Crippen LogP contribution in [0.3, 0.4) is 0 Å². The van der Waals surface area contributed by atoms with Crippen LogP contribution in [0.25, 0.3) is 11.1 Å². The molecule has 26 heavy (non-hydrogen) atoms. The molecule has 2 aromatic heterocycles. The van der Waals surface area contributed by atoms with Crippen molar-refractivity contribution in [3.8, 4) is 11.5 Å². The minimum absolute atomic E-state index is 0.153. The molecule has 0 bridgehead atoms. The zero-order valence-corrected chi connectivity index (χ0v) is 14.1. The molecule has 134 valence electrons. The van der Waals surface area contributed by atoms with E-state index in [9.17, 15) is 9.59 Å². The molecule has 0 saturated carbocycles. The first-order chi connectivity index (χ1) is 12.6. The van der Waals surface area contributed by atoms with Crippen LogP contribution in [0.1, 0.15) is 10.5 Å². The lowest BCUT2D eigenvalue weighted by Gasteiger charge is -2.19. The van der Waals surface area contributed by atoms with Crippen LogP contribution in [0.2, 0.25) is 0 Å². The predicted octanol–water partition coefficient (Wildman–Crippen LogP) is 1.91. The number of amides is 2. The van der Waals surface area contributed by atoms with E-state index in [4.69, 9.17) is 13.9 Å². The summed E-state index contributed by atoms with van der Waals surface area (Å²) >= 11 is 0. The molecule has 0 unspecified atom stereocenters. The number of fused-ring (bicyclic) bond motifs is 2. The number of aryl methyl sites for hydroxylation is 1. The summed E-state index contributed by atoms with van der Waals surface area (Å²) in [5.74, 6) is 0.546. The van der Waals surface area contributed by atoms with Crippen molar-refractivity contribution in [2.45, 2.75) is 0 Å². The van der Waals surface area contributed by atoms with E-state index in [-0.39, 0.29) is 18.4 Å². The average molecular weight is 355 g/mol. The monoisotopic (exact) mass is 355 g/mol. The quantitative estimate of drug-likeness (QED) is 0.745. The number of benzene rings is 1. The number of nitrogens with one attached hydrogen (secondary N) is 2. The van der Waals surface area contributed by atoms with Gasteiger partial charge in [-0.25, -0.2) is 0 Å². The molecule has 1 aromatic carbocycles. The highest BCUT2D eigenvalue weighted by atomic mass is 16.6. The van der Waals surface area contributed by atoms with E-state index in [1.54, 1.807) is 48.2 Å². The maximum atomic E-state index is 12.3. The Balaban J connectivity index is 1.37. The van der Waals surface area contributed by atoms with E-state index in [2.05, 4.69) is 10.6 Å². The Labute approximate surface area is 148 Å². The maximum absolute atomic E-state index is 12.3. The van der Waals surface area contributed by atoms with Gasteiger partial charge in [0.15, 0.2) is 17.1 Å². The summed E-state index contributed by atoms with van der Waals surface area (Å²) in [6.07, 6.45) is 1.56. The molecule has 4 rings (SSSR count). The van der Waals surface area contributed by atoms with Crippen molar-refractivity contribution in [2.24, 2.45) is 7.05 Å². The van der Waals surface area contributed by atoms with E-state index in [0.29, 0.717) is 41.7 Å². The van der Waals surface area contributed by atoms with Gasteiger partial charge in [-0.05, 0) is 12.1 Å². The maximum Gasteiger partial charge on any atom is 0.268 e. The van der Waals surface area contributed by atoms with Gasteiger partial charge in [-0.1, -0.05) is 0 Å². The van der Waals surface area contributed by atoms with Crippen LogP contribution in [0.15, 0.2) is 41.0 Å². The third-order valence-corrected chi connectivity index (χ3v) is 4.13. The molecule has 2 N–H and O–H groups in total. The van der Waals surface area contributed by atoms with Crippen molar-refractivity contribution in [1.82, 2.24) is 9.88 Å². The van der Waals surface area contributed by atoms with Crippen LogP contribution in [-0.4, -0.2) is 36.1 Å². The number of aromatic nitrogens is 1. The molecule has 0 spiro atoms. The lowest BCUT2D eigenvalue weighted by molar-refractivity contribution is -0.115. The van der Waals surface area contributed by atoms with E-state index in [1.165, 1.54) is 0 Å².